The van der Waals surface area contributed by atoms with Crippen LogP contribution in [0.5, 0.6) is 0 Å². The van der Waals surface area contributed by atoms with Gasteiger partial charge in [0.25, 0.3) is 0 Å². The van der Waals surface area contributed by atoms with E-state index in [1.165, 1.54) is 0 Å². The first-order valence-corrected chi connectivity index (χ1v) is 5.71. The zero-order chi connectivity index (χ0) is 11.5. The standard InChI is InChI=1S/C11H12N2O2S/c1-13-5-9(12)4-10(13)11(14)15-6-8-2-3-16-7-8/h2-5,7H,6,12H2,1H3. The van der Waals surface area contributed by atoms with Crippen molar-refractivity contribution >= 4 is 23.0 Å². The van der Waals surface area contributed by atoms with Crippen molar-refractivity contribution in [2.45, 2.75) is 6.61 Å². The number of esters is 1. The Bertz CT molecular complexity index is 488. The fourth-order valence-electron chi connectivity index (χ4n) is 1.39. The molecule has 0 aromatic carbocycles. The van der Waals surface area contributed by atoms with Gasteiger partial charge in [-0.05, 0) is 22.9 Å². The van der Waals surface area contributed by atoms with Gasteiger partial charge in [-0.15, -0.1) is 0 Å². The van der Waals surface area contributed by atoms with Gasteiger partial charge in [0.05, 0.1) is 5.69 Å². The van der Waals surface area contributed by atoms with Crippen LogP contribution in [0.15, 0.2) is 29.1 Å². The summed E-state index contributed by atoms with van der Waals surface area (Å²) in [7, 11) is 1.76. The topological polar surface area (TPSA) is 57.2 Å². The minimum absolute atomic E-state index is 0.299. The molecule has 2 rings (SSSR count). The number of carbonyl (C=O) groups excluding carboxylic acids is 1. The molecule has 2 aromatic rings. The molecule has 4 nitrogen and oxygen atoms in total. The Kier molecular flexibility index (Phi) is 2.96. The molecule has 16 heavy (non-hydrogen) atoms. The summed E-state index contributed by atoms with van der Waals surface area (Å²) in [6.45, 7) is 0.299. The van der Waals surface area contributed by atoms with Crippen LogP contribution in [0.3, 0.4) is 0 Å². The Morgan fingerprint density at radius 2 is 2.44 bits per heavy atom. The fourth-order valence-corrected chi connectivity index (χ4v) is 2.04. The minimum Gasteiger partial charge on any atom is -0.456 e. The Hall–Kier alpha value is -1.75. The van der Waals surface area contributed by atoms with E-state index in [4.69, 9.17) is 10.5 Å². The number of thiophene rings is 1. The van der Waals surface area contributed by atoms with Crippen molar-refractivity contribution in [1.29, 1.82) is 0 Å². The highest BCUT2D eigenvalue weighted by Crippen LogP contribution is 2.12. The van der Waals surface area contributed by atoms with Gasteiger partial charge in [-0.25, -0.2) is 4.79 Å². The lowest BCUT2D eigenvalue weighted by molar-refractivity contribution is 0.0462. The number of nitrogens with zero attached hydrogens (tertiary/aromatic N) is 1. The molecule has 0 bridgehead atoms. The summed E-state index contributed by atoms with van der Waals surface area (Å²) < 4.78 is 6.82. The lowest BCUT2D eigenvalue weighted by Gasteiger charge is -2.03. The van der Waals surface area contributed by atoms with Gasteiger partial charge in [-0.3, -0.25) is 0 Å². The molecule has 0 aliphatic carbocycles. The summed E-state index contributed by atoms with van der Waals surface area (Å²) in [4.78, 5) is 11.7. The van der Waals surface area contributed by atoms with E-state index >= 15 is 0 Å². The van der Waals surface area contributed by atoms with Crippen molar-refractivity contribution in [3.05, 3.63) is 40.3 Å². The van der Waals surface area contributed by atoms with Crippen molar-refractivity contribution in [2.75, 3.05) is 5.73 Å². The molecule has 0 spiro atoms. The molecule has 0 amide bonds. The van der Waals surface area contributed by atoms with Crippen LogP contribution < -0.4 is 5.73 Å². The van der Waals surface area contributed by atoms with E-state index in [-0.39, 0.29) is 5.97 Å². The van der Waals surface area contributed by atoms with Crippen molar-refractivity contribution < 1.29 is 9.53 Å². The van der Waals surface area contributed by atoms with Crippen LogP contribution >= 0.6 is 11.3 Å². The maximum atomic E-state index is 11.7. The predicted octanol–water partition coefficient (Wildman–Crippen LogP) is 2.03. The van der Waals surface area contributed by atoms with Crippen molar-refractivity contribution in [3.8, 4) is 0 Å². The fraction of sp³-hybridized carbons (Fsp3) is 0.182. The summed E-state index contributed by atoms with van der Waals surface area (Å²) in [6.07, 6.45) is 1.68. The summed E-state index contributed by atoms with van der Waals surface area (Å²) in [5.41, 5.74) is 7.61. The molecule has 0 unspecified atom stereocenters. The van der Waals surface area contributed by atoms with Gasteiger partial charge in [0.2, 0.25) is 0 Å². The molecular formula is C11H12N2O2S. The summed E-state index contributed by atoms with van der Waals surface area (Å²) in [5, 5.41) is 3.90. The van der Waals surface area contributed by atoms with Crippen LogP contribution in [0.1, 0.15) is 16.1 Å². The smallest absolute Gasteiger partial charge is 0.355 e. The number of aryl methyl sites for hydroxylation is 1. The number of nitrogens with two attached hydrogens (primary N) is 1. The predicted molar refractivity (Wildman–Crippen MR) is 63.3 cm³/mol. The Balaban J connectivity index is 2.01. The highest BCUT2D eigenvalue weighted by atomic mass is 32.1. The molecule has 0 saturated heterocycles. The normalized spacial score (nSPS) is 10.3. The molecule has 2 N–H and O–H groups in total. The second kappa shape index (κ2) is 4.40. The molecule has 5 heteroatoms. The average molecular weight is 236 g/mol. The Morgan fingerprint density at radius 3 is 3.00 bits per heavy atom. The van der Waals surface area contributed by atoms with Crippen LogP contribution in [0.2, 0.25) is 0 Å². The van der Waals surface area contributed by atoms with Crippen molar-refractivity contribution in [1.82, 2.24) is 4.57 Å². The number of anilines is 1. The average Bonchev–Trinajstić information content (AvgIpc) is 2.84. The zero-order valence-electron chi connectivity index (χ0n) is 8.84. The zero-order valence-corrected chi connectivity index (χ0v) is 9.66. The summed E-state index contributed by atoms with van der Waals surface area (Å²) in [5.74, 6) is -0.356. The van der Waals surface area contributed by atoms with Gasteiger partial charge in [0, 0.05) is 18.8 Å². The van der Waals surface area contributed by atoms with E-state index in [0.29, 0.717) is 18.0 Å². The van der Waals surface area contributed by atoms with Gasteiger partial charge < -0.3 is 15.0 Å². The largest absolute Gasteiger partial charge is 0.456 e. The van der Waals surface area contributed by atoms with Crippen LogP contribution in [-0.2, 0) is 18.4 Å². The van der Waals surface area contributed by atoms with Crippen LogP contribution in [-0.4, -0.2) is 10.5 Å². The lowest BCUT2D eigenvalue weighted by atomic mass is 10.3. The van der Waals surface area contributed by atoms with Crippen molar-refractivity contribution in [2.24, 2.45) is 7.05 Å². The van der Waals surface area contributed by atoms with Gasteiger partial charge in [-0.2, -0.15) is 11.3 Å². The molecule has 0 fully saturated rings. The van der Waals surface area contributed by atoms with Gasteiger partial charge in [0.1, 0.15) is 12.3 Å². The van der Waals surface area contributed by atoms with E-state index < -0.39 is 0 Å². The summed E-state index contributed by atoms with van der Waals surface area (Å²) >= 11 is 1.58. The molecule has 0 aliphatic rings. The van der Waals surface area contributed by atoms with Gasteiger partial charge in [-0.1, -0.05) is 0 Å². The van der Waals surface area contributed by atoms with Gasteiger partial charge >= 0.3 is 5.97 Å². The third kappa shape index (κ3) is 2.25. The number of hydrogen-bond donors (Lipinski definition) is 1. The first-order chi connectivity index (χ1) is 7.66. The van der Waals surface area contributed by atoms with Crippen LogP contribution in [0, 0.1) is 0 Å². The highest BCUT2D eigenvalue weighted by molar-refractivity contribution is 7.07. The molecule has 0 saturated carbocycles. The molecule has 84 valence electrons. The number of rotatable bonds is 3. The number of nitrogen functional groups attached to an aromatic ring is 1. The van der Waals surface area contributed by atoms with Crippen LogP contribution in [0.4, 0.5) is 5.69 Å². The highest BCUT2D eigenvalue weighted by Gasteiger charge is 2.12. The molecule has 2 heterocycles. The third-order valence-corrected chi connectivity index (χ3v) is 2.92. The van der Waals surface area contributed by atoms with E-state index in [1.807, 2.05) is 16.8 Å². The number of ether oxygens (including phenoxy) is 1. The molecule has 2 aromatic heterocycles. The molecule has 0 atom stereocenters. The van der Waals surface area contributed by atoms with Crippen molar-refractivity contribution in [3.63, 3.8) is 0 Å². The van der Waals surface area contributed by atoms with Crippen LogP contribution in [0.25, 0.3) is 0 Å². The van der Waals surface area contributed by atoms with E-state index in [2.05, 4.69) is 0 Å². The number of carbonyl (C=O) groups is 1. The van der Waals surface area contributed by atoms with Gasteiger partial charge in [0.15, 0.2) is 0 Å². The second-order valence-corrected chi connectivity index (χ2v) is 4.26. The summed E-state index contributed by atoms with van der Waals surface area (Å²) in [6, 6.07) is 3.53. The number of aromatic nitrogens is 1. The molecule has 0 aliphatic heterocycles. The molecule has 0 radical (unpaired) electrons. The maximum absolute atomic E-state index is 11.7. The first kappa shape index (κ1) is 10.8. The van der Waals surface area contributed by atoms with E-state index in [9.17, 15) is 4.79 Å². The maximum Gasteiger partial charge on any atom is 0.355 e. The Labute approximate surface area is 97.3 Å². The Morgan fingerprint density at radius 1 is 1.62 bits per heavy atom. The molecular weight excluding hydrogens is 224 g/mol. The first-order valence-electron chi connectivity index (χ1n) is 4.77. The van der Waals surface area contributed by atoms with E-state index in [1.54, 1.807) is 35.2 Å². The SMILES string of the molecule is Cn1cc(N)cc1C(=O)OCc1ccsc1. The monoisotopic (exact) mass is 236 g/mol. The van der Waals surface area contributed by atoms with E-state index in [0.717, 1.165) is 5.56 Å². The number of hydrogen-bond acceptors (Lipinski definition) is 4. The third-order valence-electron chi connectivity index (χ3n) is 2.19. The lowest BCUT2D eigenvalue weighted by Crippen LogP contribution is -2.09. The minimum atomic E-state index is -0.356. The second-order valence-electron chi connectivity index (χ2n) is 3.48. The quantitative estimate of drug-likeness (QED) is 0.829.